The van der Waals surface area contributed by atoms with Gasteiger partial charge < -0.3 is 24.9 Å². The smallest absolute Gasteiger partial charge is 0.200 e. The lowest BCUT2D eigenvalue weighted by Crippen LogP contribution is -2.35. The molecule has 6 nitrogen and oxygen atoms in total. The van der Waals surface area contributed by atoms with E-state index >= 15 is 0 Å². The van der Waals surface area contributed by atoms with E-state index in [1.165, 1.54) is 6.66 Å². The Morgan fingerprint density at radius 2 is 1.85 bits per heavy atom. The minimum Gasteiger partial charge on any atom is -0.508 e. The first-order chi connectivity index (χ1) is 15.6. The van der Waals surface area contributed by atoms with Crippen LogP contribution in [0.15, 0.2) is 42.5 Å². The van der Waals surface area contributed by atoms with Crippen LogP contribution in [-0.2, 0) is 10.2 Å². The van der Waals surface area contributed by atoms with Gasteiger partial charge in [0.05, 0.1) is 24.5 Å². The SMILES string of the molecule is CP(=O)(O)C[C@@H](O)c1cccc(OCC2CCC(c3cc(O)ccc3C3(O)CCC3)CC2)c1. The molecule has 4 N–H and O–H groups in total. The van der Waals surface area contributed by atoms with Crippen molar-refractivity contribution >= 4 is 7.37 Å². The fraction of sp³-hybridized carbons (Fsp3) is 0.538. The van der Waals surface area contributed by atoms with E-state index in [2.05, 4.69) is 0 Å². The molecule has 2 fully saturated rings. The molecule has 0 amide bonds. The molecule has 0 heterocycles. The molecule has 33 heavy (non-hydrogen) atoms. The Morgan fingerprint density at radius 1 is 1.12 bits per heavy atom. The van der Waals surface area contributed by atoms with Crippen LogP contribution >= 0.6 is 7.37 Å². The molecule has 0 spiro atoms. The van der Waals surface area contributed by atoms with Crippen molar-refractivity contribution in [3.8, 4) is 11.5 Å². The van der Waals surface area contributed by atoms with Gasteiger partial charge in [0.2, 0.25) is 7.37 Å². The summed E-state index contributed by atoms with van der Waals surface area (Å²) in [6.07, 6.45) is 5.43. The van der Waals surface area contributed by atoms with E-state index in [1.807, 2.05) is 18.2 Å². The Balaban J connectivity index is 1.33. The standard InChI is InChI=1S/C26H35O6P/c1-33(30,31)17-25(28)20-4-2-5-22(14-20)32-16-18-6-8-19(9-7-18)23-15-21(27)10-11-24(23)26(29)12-3-13-26/h2,4-5,10-11,14-15,18-19,25,27-29H,3,6-9,12-13,16-17H2,1H3,(H,30,31)/t18?,19?,25-/m1/s1. The van der Waals surface area contributed by atoms with Gasteiger partial charge >= 0.3 is 0 Å². The molecule has 0 aromatic heterocycles. The van der Waals surface area contributed by atoms with Gasteiger partial charge in [-0.1, -0.05) is 18.2 Å². The Morgan fingerprint density at radius 3 is 2.48 bits per heavy atom. The van der Waals surface area contributed by atoms with Crippen molar-refractivity contribution in [2.24, 2.45) is 5.92 Å². The Hall–Kier alpha value is -1.85. The van der Waals surface area contributed by atoms with Gasteiger partial charge in [-0.3, -0.25) is 4.57 Å². The molecule has 4 rings (SSSR count). The monoisotopic (exact) mass is 474 g/mol. The van der Waals surface area contributed by atoms with Gasteiger partial charge in [0.1, 0.15) is 11.5 Å². The average Bonchev–Trinajstić information content (AvgIpc) is 2.75. The summed E-state index contributed by atoms with van der Waals surface area (Å²) in [5, 5.41) is 31.2. The number of benzene rings is 2. The van der Waals surface area contributed by atoms with E-state index in [0.29, 0.717) is 29.8 Å². The lowest BCUT2D eigenvalue weighted by atomic mass is 9.69. The Labute approximate surface area is 195 Å². The first-order valence-electron chi connectivity index (χ1n) is 11.9. The number of phenolic OH excluding ortho intramolecular Hbond substituents is 1. The highest BCUT2D eigenvalue weighted by Gasteiger charge is 2.39. The molecule has 2 aliphatic carbocycles. The second-order valence-corrected chi connectivity index (χ2v) is 12.5. The van der Waals surface area contributed by atoms with Crippen molar-refractivity contribution in [3.05, 3.63) is 59.2 Å². The fourth-order valence-electron chi connectivity index (χ4n) is 5.18. The molecule has 0 aliphatic heterocycles. The molecule has 2 aromatic rings. The van der Waals surface area contributed by atoms with Crippen molar-refractivity contribution in [1.82, 2.24) is 0 Å². The van der Waals surface area contributed by atoms with Crippen LogP contribution < -0.4 is 4.74 Å². The molecular formula is C26H35O6P. The maximum absolute atomic E-state index is 11.6. The van der Waals surface area contributed by atoms with Gasteiger partial charge in [-0.05, 0) is 97.7 Å². The van der Waals surface area contributed by atoms with Gasteiger partial charge in [0.25, 0.3) is 0 Å². The third-order valence-corrected chi connectivity index (χ3v) is 8.27. The van der Waals surface area contributed by atoms with Crippen molar-refractivity contribution in [1.29, 1.82) is 0 Å². The molecule has 7 heteroatoms. The zero-order chi connectivity index (χ0) is 23.6. The summed E-state index contributed by atoms with van der Waals surface area (Å²) in [5.41, 5.74) is 1.93. The summed E-state index contributed by atoms with van der Waals surface area (Å²) in [4.78, 5) is 9.53. The number of hydrogen-bond donors (Lipinski definition) is 4. The highest BCUT2D eigenvalue weighted by atomic mass is 31.2. The van der Waals surface area contributed by atoms with Crippen molar-refractivity contribution in [2.75, 3.05) is 19.4 Å². The van der Waals surface area contributed by atoms with Gasteiger partial charge in [-0.2, -0.15) is 0 Å². The highest BCUT2D eigenvalue weighted by Crippen LogP contribution is 2.47. The first-order valence-corrected chi connectivity index (χ1v) is 14.2. The van der Waals surface area contributed by atoms with Crippen LogP contribution in [0.4, 0.5) is 0 Å². The summed E-state index contributed by atoms with van der Waals surface area (Å²) in [6.45, 7) is 1.83. The Bertz CT molecular complexity index is 1000. The lowest BCUT2D eigenvalue weighted by Gasteiger charge is -2.40. The van der Waals surface area contributed by atoms with Crippen LogP contribution in [0.25, 0.3) is 0 Å². The largest absolute Gasteiger partial charge is 0.508 e. The van der Waals surface area contributed by atoms with Gasteiger partial charge in [-0.15, -0.1) is 0 Å². The van der Waals surface area contributed by atoms with Gasteiger partial charge in [0.15, 0.2) is 0 Å². The Kier molecular flexibility index (Phi) is 7.20. The average molecular weight is 475 g/mol. The molecule has 1 unspecified atom stereocenters. The minimum atomic E-state index is -3.31. The van der Waals surface area contributed by atoms with E-state index in [9.17, 15) is 24.8 Å². The lowest BCUT2D eigenvalue weighted by molar-refractivity contribution is -0.0399. The maximum atomic E-state index is 11.6. The number of aliphatic hydroxyl groups is 2. The van der Waals surface area contributed by atoms with Crippen LogP contribution in [0.2, 0.25) is 0 Å². The summed E-state index contributed by atoms with van der Waals surface area (Å²) < 4.78 is 17.6. The molecule has 180 valence electrons. The number of ether oxygens (including phenoxy) is 1. The minimum absolute atomic E-state index is 0.174. The molecule has 2 aromatic carbocycles. The predicted octanol–water partition coefficient (Wildman–Crippen LogP) is 5.05. The second-order valence-electron chi connectivity index (χ2n) is 10.0. The fourth-order valence-corrected chi connectivity index (χ4v) is 6.04. The third kappa shape index (κ3) is 5.99. The van der Waals surface area contributed by atoms with E-state index in [0.717, 1.165) is 56.1 Å². The molecular weight excluding hydrogens is 439 g/mol. The summed E-state index contributed by atoms with van der Waals surface area (Å²) >= 11 is 0. The van der Waals surface area contributed by atoms with Crippen molar-refractivity contribution in [2.45, 2.75) is 62.6 Å². The summed E-state index contributed by atoms with van der Waals surface area (Å²) in [7, 11) is -3.31. The topological polar surface area (TPSA) is 107 Å². The third-order valence-electron chi connectivity index (χ3n) is 7.24. The second kappa shape index (κ2) is 9.79. The van der Waals surface area contributed by atoms with Crippen LogP contribution in [0, 0.1) is 5.92 Å². The number of aliphatic hydroxyl groups excluding tert-OH is 1. The van der Waals surface area contributed by atoms with E-state index in [1.54, 1.807) is 24.3 Å². The van der Waals surface area contributed by atoms with Gasteiger partial charge in [0, 0.05) is 6.66 Å². The number of rotatable bonds is 8. The van der Waals surface area contributed by atoms with Crippen LogP contribution in [-0.4, -0.2) is 39.6 Å². The number of phenols is 1. The highest BCUT2D eigenvalue weighted by molar-refractivity contribution is 7.57. The zero-order valence-electron chi connectivity index (χ0n) is 19.2. The summed E-state index contributed by atoms with van der Waals surface area (Å²) in [6, 6.07) is 12.5. The number of hydrogen-bond acceptors (Lipinski definition) is 5. The van der Waals surface area contributed by atoms with E-state index in [4.69, 9.17) is 4.74 Å². The molecule has 2 saturated carbocycles. The predicted molar refractivity (Wildman–Crippen MR) is 128 cm³/mol. The van der Waals surface area contributed by atoms with Crippen LogP contribution in [0.5, 0.6) is 11.5 Å². The van der Waals surface area contributed by atoms with Crippen LogP contribution in [0.3, 0.4) is 0 Å². The molecule has 0 radical (unpaired) electrons. The van der Waals surface area contributed by atoms with E-state index < -0.39 is 19.1 Å². The number of aromatic hydroxyl groups is 1. The molecule has 0 saturated heterocycles. The molecule has 2 aliphatic rings. The molecule has 0 bridgehead atoms. The molecule has 2 atom stereocenters. The van der Waals surface area contributed by atoms with Crippen molar-refractivity contribution in [3.63, 3.8) is 0 Å². The summed E-state index contributed by atoms with van der Waals surface area (Å²) in [5.74, 6) is 1.65. The maximum Gasteiger partial charge on any atom is 0.200 e. The van der Waals surface area contributed by atoms with E-state index in [-0.39, 0.29) is 11.9 Å². The first kappa shape index (κ1) is 24.3. The normalized spacial score (nSPS) is 25.0. The van der Waals surface area contributed by atoms with Crippen LogP contribution in [0.1, 0.15) is 73.7 Å². The van der Waals surface area contributed by atoms with Gasteiger partial charge in [-0.25, -0.2) is 0 Å². The zero-order valence-corrected chi connectivity index (χ0v) is 20.1. The quantitative estimate of drug-likeness (QED) is 0.399. The van der Waals surface area contributed by atoms with Crippen molar-refractivity contribution < 1.29 is 29.5 Å².